The summed E-state index contributed by atoms with van der Waals surface area (Å²) in [6.45, 7) is 2.53. The Morgan fingerprint density at radius 3 is 2.52 bits per heavy atom. The highest BCUT2D eigenvalue weighted by Crippen LogP contribution is 2.24. The molecular formula is C12H18BrFN4O2S. The van der Waals surface area contributed by atoms with Gasteiger partial charge in [0.05, 0.1) is 0 Å². The second-order valence-corrected chi connectivity index (χ2v) is 7.51. The Kier molecular flexibility index (Phi) is 5.33. The number of likely N-dealkylation sites (N-methyl/N-ethyl adjacent to an activating group) is 1. The van der Waals surface area contributed by atoms with Crippen LogP contribution in [0.3, 0.4) is 0 Å². The lowest BCUT2D eigenvalue weighted by Gasteiger charge is -2.32. The van der Waals surface area contributed by atoms with Gasteiger partial charge in [-0.05, 0) is 19.2 Å². The van der Waals surface area contributed by atoms with Crippen molar-refractivity contribution in [2.75, 3.05) is 33.2 Å². The van der Waals surface area contributed by atoms with Crippen LogP contribution in [0.2, 0.25) is 0 Å². The van der Waals surface area contributed by atoms with Gasteiger partial charge in [-0.3, -0.25) is 0 Å². The van der Waals surface area contributed by atoms with Crippen LogP contribution < -0.4 is 10.6 Å². The van der Waals surface area contributed by atoms with Crippen molar-refractivity contribution >= 4 is 26.0 Å². The Bertz CT molecular complexity index is 618. The molecule has 2 rings (SSSR count). The third-order valence-electron chi connectivity index (χ3n) is 3.34. The zero-order chi connectivity index (χ0) is 15.6. The fourth-order valence-electron chi connectivity index (χ4n) is 2.08. The number of halogens is 2. The zero-order valence-electron chi connectivity index (χ0n) is 11.6. The molecule has 0 aromatic heterocycles. The van der Waals surface area contributed by atoms with Crippen LogP contribution in [0.5, 0.6) is 0 Å². The predicted molar refractivity (Wildman–Crippen MR) is 81.4 cm³/mol. The number of piperazine rings is 1. The Morgan fingerprint density at radius 2 is 1.95 bits per heavy atom. The van der Waals surface area contributed by atoms with E-state index in [-0.39, 0.29) is 12.1 Å². The zero-order valence-corrected chi connectivity index (χ0v) is 14.0. The Balaban J connectivity index is 2.25. The number of rotatable bonds is 4. The summed E-state index contributed by atoms with van der Waals surface area (Å²) in [5.74, 6) is -0.803. The van der Waals surface area contributed by atoms with E-state index in [1.54, 1.807) is 5.01 Å². The van der Waals surface area contributed by atoms with Crippen molar-refractivity contribution in [1.82, 2.24) is 14.7 Å². The first-order valence-electron chi connectivity index (χ1n) is 6.47. The highest BCUT2D eigenvalue weighted by Gasteiger charge is 2.25. The summed E-state index contributed by atoms with van der Waals surface area (Å²) in [5, 5.41) is 1.58. The average molecular weight is 381 g/mol. The number of hydrogen-bond acceptors (Lipinski definition) is 5. The van der Waals surface area contributed by atoms with E-state index in [4.69, 9.17) is 5.73 Å². The Morgan fingerprint density at radius 1 is 1.33 bits per heavy atom. The summed E-state index contributed by atoms with van der Waals surface area (Å²) in [5.41, 5.74) is 5.59. The van der Waals surface area contributed by atoms with Crippen LogP contribution in [-0.4, -0.2) is 51.6 Å². The summed E-state index contributed by atoms with van der Waals surface area (Å²) in [4.78, 5) is 4.13. The quantitative estimate of drug-likeness (QED) is 0.794. The maximum absolute atomic E-state index is 14.2. The first-order valence-corrected chi connectivity index (χ1v) is 8.75. The molecule has 0 radical (unpaired) electrons. The van der Waals surface area contributed by atoms with Gasteiger partial charge in [-0.1, -0.05) is 15.9 Å². The monoisotopic (exact) mass is 380 g/mol. The molecule has 3 N–H and O–H groups in total. The predicted octanol–water partition coefficient (Wildman–Crippen LogP) is 0.488. The average Bonchev–Trinajstić information content (AvgIpc) is 2.43. The highest BCUT2D eigenvalue weighted by atomic mass is 79.9. The van der Waals surface area contributed by atoms with Crippen LogP contribution in [0.25, 0.3) is 0 Å². The molecule has 0 amide bonds. The number of nitrogens with two attached hydrogens (primary N) is 1. The molecule has 1 saturated heterocycles. The third-order valence-corrected chi connectivity index (χ3v) is 5.17. The summed E-state index contributed by atoms with van der Waals surface area (Å²) < 4.78 is 39.4. The molecular weight excluding hydrogens is 363 g/mol. The molecule has 118 valence electrons. The van der Waals surface area contributed by atoms with Crippen LogP contribution in [0.4, 0.5) is 4.39 Å². The lowest BCUT2D eigenvalue weighted by molar-refractivity contribution is 0.134. The van der Waals surface area contributed by atoms with Crippen molar-refractivity contribution in [3.05, 3.63) is 28.0 Å². The summed E-state index contributed by atoms with van der Waals surface area (Å²) in [7, 11) is -2.00. The van der Waals surface area contributed by atoms with Crippen molar-refractivity contribution in [3.63, 3.8) is 0 Å². The second kappa shape index (κ2) is 6.67. The maximum Gasteiger partial charge on any atom is 0.256 e. The smallest absolute Gasteiger partial charge is 0.256 e. The number of hydrazine groups is 1. The van der Waals surface area contributed by atoms with Gasteiger partial charge in [0.25, 0.3) is 10.0 Å². The van der Waals surface area contributed by atoms with Crippen molar-refractivity contribution in [3.8, 4) is 0 Å². The van der Waals surface area contributed by atoms with Gasteiger partial charge in [-0.2, -0.15) is 0 Å². The molecule has 0 bridgehead atoms. The molecule has 0 spiro atoms. The molecule has 9 heteroatoms. The third kappa shape index (κ3) is 3.99. The van der Waals surface area contributed by atoms with Gasteiger partial charge in [-0.15, -0.1) is 4.83 Å². The minimum absolute atomic E-state index is 0.0672. The van der Waals surface area contributed by atoms with E-state index in [2.05, 4.69) is 25.7 Å². The molecule has 1 aliphatic rings. The molecule has 1 aromatic carbocycles. The van der Waals surface area contributed by atoms with Gasteiger partial charge in [0.1, 0.15) is 10.7 Å². The lowest BCUT2D eigenvalue weighted by Crippen LogP contribution is -2.52. The van der Waals surface area contributed by atoms with E-state index in [1.165, 1.54) is 12.1 Å². The number of nitrogens with zero attached hydrogens (tertiary/aromatic N) is 2. The molecule has 0 aliphatic carbocycles. The van der Waals surface area contributed by atoms with Crippen LogP contribution in [-0.2, 0) is 16.6 Å². The molecule has 1 heterocycles. The first-order chi connectivity index (χ1) is 9.83. The van der Waals surface area contributed by atoms with Gasteiger partial charge in [-0.25, -0.2) is 17.8 Å². The maximum atomic E-state index is 14.2. The fourth-order valence-corrected chi connectivity index (χ4v) is 4.01. The topological polar surface area (TPSA) is 78.7 Å². The van der Waals surface area contributed by atoms with Gasteiger partial charge in [0.2, 0.25) is 0 Å². The van der Waals surface area contributed by atoms with Crippen molar-refractivity contribution in [2.24, 2.45) is 5.73 Å². The van der Waals surface area contributed by atoms with Crippen LogP contribution in [0, 0.1) is 5.82 Å². The molecule has 1 aliphatic heterocycles. The van der Waals surface area contributed by atoms with Crippen molar-refractivity contribution in [2.45, 2.75) is 11.4 Å². The second-order valence-electron chi connectivity index (χ2n) is 4.97. The summed E-state index contributed by atoms with van der Waals surface area (Å²) in [6.07, 6.45) is 0. The van der Waals surface area contributed by atoms with Crippen LogP contribution in [0.1, 0.15) is 5.56 Å². The molecule has 0 unspecified atom stereocenters. The van der Waals surface area contributed by atoms with Crippen LogP contribution in [0.15, 0.2) is 21.5 Å². The lowest BCUT2D eigenvalue weighted by atomic mass is 10.2. The van der Waals surface area contributed by atoms with E-state index in [9.17, 15) is 12.8 Å². The van der Waals surface area contributed by atoms with Gasteiger partial charge in [0.15, 0.2) is 0 Å². The Hall–Kier alpha value is -0.580. The van der Waals surface area contributed by atoms with E-state index in [0.717, 1.165) is 13.1 Å². The standard InChI is InChI=1S/C12H18BrFN4O2S/c1-17-2-4-18(5-3-17)16-21(19,20)11-7-10(13)6-9(8-15)12(11)14/h6-7,16H,2-5,8,15H2,1H3. The largest absolute Gasteiger partial charge is 0.326 e. The van der Waals surface area contributed by atoms with Gasteiger partial charge in [0, 0.05) is 42.8 Å². The minimum atomic E-state index is -3.97. The number of sulfonamides is 1. The number of benzene rings is 1. The van der Waals surface area contributed by atoms with E-state index >= 15 is 0 Å². The summed E-state index contributed by atoms with van der Waals surface area (Å²) >= 11 is 3.18. The first kappa shape index (κ1) is 16.8. The highest BCUT2D eigenvalue weighted by molar-refractivity contribution is 9.10. The van der Waals surface area contributed by atoms with Crippen LogP contribution >= 0.6 is 15.9 Å². The van der Waals surface area contributed by atoms with Gasteiger partial charge < -0.3 is 10.6 Å². The SMILES string of the molecule is CN1CCN(NS(=O)(=O)c2cc(Br)cc(CN)c2F)CC1. The van der Waals surface area contributed by atoms with Crippen molar-refractivity contribution in [1.29, 1.82) is 0 Å². The molecule has 1 aromatic rings. The molecule has 6 nitrogen and oxygen atoms in total. The molecule has 0 atom stereocenters. The molecule has 21 heavy (non-hydrogen) atoms. The fraction of sp³-hybridized carbons (Fsp3) is 0.500. The minimum Gasteiger partial charge on any atom is -0.326 e. The van der Waals surface area contributed by atoms with Crippen molar-refractivity contribution < 1.29 is 12.8 Å². The Labute approximate surface area is 132 Å². The normalized spacial score (nSPS) is 18.1. The molecule has 1 fully saturated rings. The summed E-state index contributed by atoms with van der Waals surface area (Å²) in [6, 6.07) is 2.72. The number of hydrogen-bond donors (Lipinski definition) is 2. The molecule has 0 saturated carbocycles. The van der Waals surface area contributed by atoms with E-state index < -0.39 is 20.7 Å². The van der Waals surface area contributed by atoms with Gasteiger partial charge >= 0.3 is 0 Å². The van der Waals surface area contributed by atoms with E-state index in [0.29, 0.717) is 17.6 Å². The number of nitrogens with one attached hydrogen (secondary N) is 1. The van der Waals surface area contributed by atoms with E-state index in [1.807, 2.05) is 7.05 Å².